The molecule has 0 bridgehead atoms. The quantitative estimate of drug-likeness (QED) is 0.737. The van der Waals surface area contributed by atoms with E-state index in [4.69, 9.17) is 10.5 Å². The van der Waals surface area contributed by atoms with Gasteiger partial charge >= 0.3 is 0 Å². The number of anilines is 1. The van der Waals surface area contributed by atoms with Crippen molar-refractivity contribution in [1.82, 2.24) is 0 Å². The second kappa shape index (κ2) is 7.69. The van der Waals surface area contributed by atoms with E-state index in [1.165, 1.54) is 16.7 Å². The molecule has 0 atom stereocenters. The fourth-order valence-corrected chi connectivity index (χ4v) is 2.20. The molecule has 0 amide bonds. The second-order valence-corrected chi connectivity index (χ2v) is 5.84. The molecule has 2 aromatic rings. The molecule has 0 aliphatic carbocycles. The monoisotopic (exact) mass is 295 g/mol. The highest BCUT2D eigenvalue weighted by Gasteiger charge is 2.01. The molecule has 0 saturated heterocycles. The molecule has 2 N–H and O–H groups in total. The average Bonchev–Trinajstić information content (AvgIpc) is 2.53. The zero-order chi connectivity index (χ0) is 15.9. The Balaban J connectivity index is 2.02. The summed E-state index contributed by atoms with van der Waals surface area (Å²) in [6.07, 6.45) is 3.18. The number of nitrogen functional groups attached to an aromatic ring is 1. The van der Waals surface area contributed by atoms with Gasteiger partial charge < -0.3 is 10.5 Å². The Morgan fingerprint density at radius 1 is 1.05 bits per heavy atom. The van der Waals surface area contributed by atoms with Crippen molar-refractivity contribution in [1.29, 1.82) is 0 Å². The summed E-state index contributed by atoms with van der Waals surface area (Å²) in [7, 11) is 0. The zero-order valence-electron chi connectivity index (χ0n) is 13.7. The van der Waals surface area contributed by atoms with Crippen LogP contribution in [0.1, 0.15) is 44.2 Å². The van der Waals surface area contributed by atoms with Crippen molar-refractivity contribution in [3.05, 3.63) is 65.2 Å². The Kier molecular flexibility index (Phi) is 5.65. The van der Waals surface area contributed by atoms with E-state index in [-0.39, 0.29) is 0 Å². The average molecular weight is 295 g/mol. The van der Waals surface area contributed by atoms with Crippen LogP contribution in [0, 0.1) is 0 Å². The highest BCUT2D eigenvalue weighted by Crippen LogP contribution is 2.18. The summed E-state index contributed by atoms with van der Waals surface area (Å²) < 4.78 is 5.82. The maximum atomic E-state index is 5.82. The molecular formula is C20H25NO. The summed E-state index contributed by atoms with van der Waals surface area (Å²) in [5.74, 6) is 1.42. The van der Waals surface area contributed by atoms with Crippen molar-refractivity contribution in [2.75, 3.05) is 12.3 Å². The number of benzene rings is 2. The van der Waals surface area contributed by atoms with Crippen LogP contribution >= 0.6 is 0 Å². The maximum Gasteiger partial charge on any atom is 0.119 e. The molecule has 0 aliphatic heterocycles. The van der Waals surface area contributed by atoms with Crippen LogP contribution < -0.4 is 10.5 Å². The van der Waals surface area contributed by atoms with Gasteiger partial charge in [-0.1, -0.05) is 51.1 Å². The Labute approximate surface area is 133 Å². The van der Waals surface area contributed by atoms with E-state index >= 15 is 0 Å². The minimum atomic E-state index is 0.567. The molecule has 2 rings (SSSR count). The minimum absolute atomic E-state index is 0.567. The molecule has 0 spiro atoms. The van der Waals surface area contributed by atoms with Crippen LogP contribution in [0.4, 0.5) is 5.69 Å². The highest BCUT2D eigenvalue weighted by molar-refractivity contribution is 5.53. The molecule has 116 valence electrons. The molecule has 0 radical (unpaired) electrons. The van der Waals surface area contributed by atoms with Crippen LogP contribution in [0.2, 0.25) is 0 Å². The molecule has 2 heteroatoms. The summed E-state index contributed by atoms with van der Waals surface area (Å²) in [6.45, 7) is 7.18. The van der Waals surface area contributed by atoms with Crippen molar-refractivity contribution >= 4 is 11.8 Å². The SMILES string of the molecule is CC/C(=C\c1ccc(C(C)C)cc1)COc1ccc(N)cc1. The van der Waals surface area contributed by atoms with Crippen molar-refractivity contribution in [2.24, 2.45) is 0 Å². The molecular weight excluding hydrogens is 270 g/mol. The van der Waals surface area contributed by atoms with Crippen LogP contribution in [-0.4, -0.2) is 6.61 Å². The molecule has 0 unspecified atom stereocenters. The van der Waals surface area contributed by atoms with Gasteiger partial charge in [0.2, 0.25) is 0 Å². The van der Waals surface area contributed by atoms with Crippen LogP contribution in [0.25, 0.3) is 6.08 Å². The van der Waals surface area contributed by atoms with Gasteiger partial charge in [0.15, 0.2) is 0 Å². The third-order valence-electron chi connectivity index (χ3n) is 3.73. The largest absolute Gasteiger partial charge is 0.489 e. The minimum Gasteiger partial charge on any atom is -0.489 e. The molecule has 22 heavy (non-hydrogen) atoms. The van der Waals surface area contributed by atoms with Crippen molar-refractivity contribution < 1.29 is 4.74 Å². The Morgan fingerprint density at radius 2 is 1.68 bits per heavy atom. The zero-order valence-corrected chi connectivity index (χ0v) is 13.7. The summed E-state index contributed by atoms with van der Waals surface area (Å²) >= 11 is 0. The molecule has 0 fully saturated rings. The third-order valence-corrected chi connectivity index (χ3v) is 3.73. The normalized spacial score (nSPS) is 11.7. The first kappa shape index (κ1) is 16.2. The number of hydrogen-bond donors (Lipinski definition) is 1. The van der Waals surface area contributed by atoms with E-state index in [0.717, 1.165) is 17.9 Å². The first-order chi connectivity index (χ1) is 10.6. The fraction of sp³-hybridized carbons (Fsp3) is 0.300. The summed E-state index contributed by atoms with van der Waals surface area (Å²) in [6, 6.07) is 16.3. The van der Waals surface area contributed by atoms with E-state index < -0.39 is 0 Å². The summed E-state index contributed by atoms with van der Waals surface area (Å²) in [5.41, 5.74) is 10.3. The van der Waals surface area contributed by atoms with Crippen LogP contribution in [0.3, 0.4) is 0 Å². The van der Waals surface area contributed by atoms with E-state index in [0.29, 0.717) is 12.5 Å². The van der Waals surface area contributed by atoms with Gasteiger partial charge in [-0.05, 0) is 53.3 Å². The lowest BCUT2D eigenvalue weighted by molar-refractivity contribution is 0.350. The van der Waals surface area contributed by atoms with Gasteiger partial charge in [-0.25, -0.2) is 0 Å². The lowest BCUT2D eigenvalue weighted by Crippen LogP contribution is -2.00. The van der Waals surface area contributed by atoms with Crippen molar-refractivity contribution in [2.45, 2.75) is 33.1 Å². The van der Waals surface area contributed by atoms with E-state index in [9.17, 15) is 0 Å². The van der Waals surface area contributed by atoms with Crippen molar-refractivity contribution in [3.63, 3.8) is 0 Å². The first-order valence-corrected chi connectivity index (χ1v) is 7.86. The number of ether oxygens (including phenoxy) is 1. The predicted octanol–water partition coefficient (Wildman–Crippen LogP) is 5.26. The Hall–Kier alpha value is -2.22. The van der Waals surface area contributed by atoms with Crippen molar-refractivity contribution in [3.8, 4) is 5.75 Å². The number of rotatable bonds is 6. The van der Waals surface area contributed by atoms with Crippen LogP contribution in [-0.2, 0) is 0 Å². The van der Waals surface area contributed by atoms with Crippen LogP contribution in [0.15, 0.2) is 54.1 Å². The predicted molar refractivity (Wildman–Crippen MR) is 95.1 cm³/mol. The number of hydrogen-bond acceptors (Lipinski definition) is 2. The van der Waals surface area contributed by atoms with Gasteiger partial charge in [-0.2, -0.15) is 0 Å². The highest BCUT2D eigenvalue weighted by atomic mass is 16.5. The Bertz CT molecular complexity index is 609. The topological polar surface area (TPSA) is 35.2 Å². The molecule has 2 nitrogen and oxygen atoms in total. The molecule has 2 aromatic carbocycles. The van der Waals surface area contributed by atoms with Gasteiger partial charge in [-0.15, -0.1) is 0 Å². The second-order valence-electron chi connectivity index (χ2n) is 5.84. The van der Waals surface area contributed by atoms with Crippen LogP contribution in [0.5, 0.6) is 5.75 Å². The van der Waals surface area contributed by atoms with Gasteiger partial charge in [0, 0.05) is 5.69 Å². The standard InChI is InChI=1S/C20H25NO/c1-4-16(14-22-20-11-9-19(21)10-12-20)13-17-5-7-18(8-6-17)15(2)3/h5-13,15H,4,14,21H2,1-3H3/b16-13+. The first-order valence-electron chi connectivity index (χ1n) is 7.86. The molecule has 0 aromatic heterocycles. The van der Waals surface area contributed by atoms with Gasteiger partial charge in [0.1, 0.15) is 12.4 Å². The van der Waals surface area contributed by atoms with Gasteiger partial charge in [0.25, 0.3) is 0 Å². The maximum absolute atomic E-state index is 5.82. The van der Waals surface area contributed by atoms with E-state index in [1.54, 1.807) is 0 Å². The van der Waals surface area contributed by atoms with E-state index in [2.05, 4.69) is 51.1 Å². The van der Waals surface area contributed by atoms with E-state index in [1.807, 2.05) is 24.3 Å². The Morgan fingerprint density at radius 3 is 2.23 bits per heavy atom. The number of nitrogens with two attached hydrogens (primary N) is 1. The smallest absolute Gasteiger partial charge is 0.119 e. The lowest BCUT2D eigenvalue weighted by atomic mass is 10.0. The fourth-order valence-electron chi connectivity index (χ4n) is 2.20. The molecule has 0 saturated carbocycles. The van der Waals surface area contributed by atoms with Gasteiger partial charge in [0.05, 0.1) is 0 Å². The summed E-state index contributed by atoms with van der Waals surface area (Å²) in [4.78, 5) is 0. The molecule has 0 aliphatic rings. The van der Waals surface area contributed by atoms with Gasteiger partial charge in [-0.3, -0.25) is 0 Å². The lowest BCUT2D eigenvalue weighted by Gasteiger charge is -2.10. The third kappa shape index (κ3) is 4.66. The summed E-state index contributed by atoms with van der Waals surface area (Å²) in [5, 5.41) is 0. The molecule has 0 heterocycles.